The molecule has 0 saturated carbocycles. The number of benzene rings is 1. The van der Waals surface area contributed by atoms with Gasteiger partial charge in [0.15, 0.2) is 0 Å². The number of rotatable bonds is 4. The molecule has 0 heterocycles. The smallest absolute Gasteiger partial charge is 0.426 e. The van der Waals surface area contributed by atoms with Crippen LogP contribution in [-0.4, -0.2) is 18.6 Å². The Morgan fingerprint density at radius 3 is 1.67 bits per heavy atom. The Labute approximate surface area is 95.9 Å². The molecule has 0 bridgehead atoms. The van der Waals surface area contributed by atoms with Crippen molar-refractivity contribution in [3.63, 3.8) is 0 Å². The van der Waals surface area contributed by atoms with Crippen LogP contribution in [0, 0.1) is 0 Å². The van der Waals surface area contributed by atoms with Gasteiger partial charge in [-0.2, -0.15) is 17.6 Å². The van der Waals surface area contributed by atoms with Crippen LogP contribution in [0.25, 0.3) is 0 Å². The lowest BCUT2D eigenvalue weighted by atomic mass is 10.3. The summed E-state index contributed by atoms with van der Waals surface area (Å²) in [5.74, 6) is -0.729. The molecule has 1 rings (SSSR count). The van der Waals surface area contributed by atoms with Gasteiger partial charge in [-0.1, -0.05) is 18.2 Å². The first-order chi connectivity index (χ1) is 8.04. The Bertz CT molecular complexity index is 388. The van der Waals surface area contributed by atoms with Crippen molar-refractivity contribution >= 4 is 0 Å². The number of ether oxygens (including phenoxy) is 2. The molecule has 0 saturated heterocycles. The van der Waals surface area contributed by atoms with Gasteiger partial charge in [-0.05, 0) is 12.1 Å². The van der Waals surface area contributed by atoms with E-state index in [0.717, 1.165) is 12.1 Å². The molecule has 0 spiro atoms. The Balaban J connectivity index is 2.85. The lowest BCUT2D eigenvalue weighted by Crippen LogP contribution is -2.49. The SMILES string of the molecule is FC(F)(F)OC(F)(F)C(F)(F)Oc1ccccc1. The summed E-state index contributed by atoms with van der Waals surface area (Å²) in [6.45, 7) is 0. The molecule has 0 atom stereocenters. The number of para-hydroxylation sites is 1. The quantitative estimate of drug-likeness (QED) is 0.780. The molecule has 18 heavy (non-hydrogen) atoms. The maximum atomic E-state index is 12.8. The van der Waals surface area contributed by atoms with E-state index in [4.69, 9.17) is 0 Å². The first-order valence-electron chi connectivity index (χ1n) is 4.30. The van der Waals surface area contributed by atoms with Crippen LogP contribution in [0.1, 0.15) is 0 Å². The molecule has 1 aromatic rings. The minimum absolute atomic E-state index is 0.729. The Morgan fingerprint density at radius 2 is 1.22 bits per heavy atom. The zero-order chi connectivity index (χ0) is 14.0. The summed E-state index contributed by atoms with van der Waals surface area (Å²) in [7, 11) is 0. The normalized spacial score (nSPS) is 13.5. The van der Waals surface area contributed by atoms with Crippen molar-refractivity contribution in [1.29, 1.82) is 0 Å². The molecule has 0 amide bonds. The highest BCUT2D eigenvalue weighted by Gasteiger charge is 2.66. The lowest BCUT2D eigenvalue weighted by Gasteiger charge is -2.26. The molecule has 0 N–H and O–H groups in total. The van der Waals surface area contributed by atoms with Crippen LogP contribution < -0.4 is 4.74 Å². The van der Waals surface area contributed by atoms with Crippen molar-refractivity contribution in [3.8, 4) is 5.75 Å². The topological polar surface area (TPSA) is 18.5 Å². The molecule has 2 nitrogen and oxygen atoms in total. The van der Waals surface area contributed by atoms with E-state index in [-0.39, 0.29) is 0 Å². The van der Waals surface area contributed by atoms with E-state index in [1.165, 1.54) is 18.2 Å². The second-order valence-corrected chi connectivity index (χ2v) is 3.00. The maximum absolute atomic E-state index is 12.8. The molecule has 0 aromatic heterocycles. The predicted molar refractivity (Wildman–Crippen MR) is 44.1 cm³/mol. The molecule has 0 aliphatic carbocycles. The van der Waals surface area contributed by atoms with Crippen LogP contribution >= 0.6 is 0 Å². The summed E-state index contributed by atoms with van der Waals surface area (Å²) in [5.41, 5.74) is 0. The van der Waals surface area contributed by atoms with Gasteiger partial charge >= 0.3 is 18.6 Å². The molecule has 1 aromatic carbocycles. The minimum Gasteiger partial charge on any atom is -0.426 e. The zero-order valence-electron chi connectivity index (χ0n) is 8.35. The largest absolute Gasteiger partial charge is 0.527 e. The van der Waals surface area contributed by atoms with Crippen molar-refractivity contribution in [1.82, 2.24) is 0 Å². The monoisotopic (exact) mass is 278 g/mol. The van der Waals surface area contributed by atoms with Crippen LogP contribution in [0.5, 0.6) is 5.75 Å². The van der Waals surface area contributed by atoms with E-state index in [1.54, 1.807) is 0 Å². The van der Waals surface area contributed by atoms with Crippen molar-refractivity contribution in [2.75, 3.05) is 0 Å². The lowest BCUT2D eigenvalue weighted by molar-refractivity contribution is -0.492. The highest BCUT2D eigenvalue weighted by Crippen LogP contribution is 2.40. The Morgan fingerprint density at radius 1 is 0.722 bits per heavy atom. The highest BCUT2D eigenvalue weighted by molar-refractivity contribution is 5.21. The summed E-state index contributed by atoms with van der Waals surface area (Å²) in [4.78, 5) is 0. The molecule has 102 valence electrons. The summed E-state index contributed by atoms with van der Waals surface area (Å²) in [5, 5.41) is 0. The first kappa shape index (κ1) is 14.6. The third-order valence-electron chi connectivity index (χ3n) is 1.57. The van der Waals surface area contributed by atoms with Gasteiger partial charge in [0.25, 0.3) is 0 Å². The van der Waals surface area contributed by atoms with Crippen LogP contribution in [0.3, 0.4) is 0 Å². The number of hydrogen-bond acceptors (Lipinski definition) is 2. The van der Waals surface area contributed by atoms with Gasteiger partial charge in [-0.25, -0.2) is 4.74 Å². The van der Waals surface area contributed by atoms with Crippen LogP contribution in [0.4, 0.5) is 30.7 Å². The van der Waals surface area contributed by atoms with Gasteiger partial charge in [0.2, 0.25) is 0 Å². The predicted octanol–water partition coefficient (Wildman–Crippen LogP) is 3.79. The van der Waals surface area contributed by atoms with E-state index in [2.05, 4.69) is 9.47 Å². The van der Waals surface area contributed by atoms with Crippen LogP contribution in [-0.2, 0) is 4.74 Å². The summed E-state index contributed by atoms with van der Waals surface area (Å²) in [6, 6.07) is 5.47. The summed E-state index contributed by atoms with van der Waals surface area (Å²) < 4.78 is 90.9. The number of alkyl halides is 7. The van der Waals surface area contributed by atoms with Gasteiger partial charge < -0.3 is 4.74 Å². The van der Waals surface area contributed by atoms with Crippen molar-refractivity contribution in [2.24, 2.45) is 0 Å². The maximum Gasteiger partial charge on any atom is 0.527 e. The third kappa shape index (κ3) is 3.76. The molecule has 0 fully saturated rings. The van der Waals surface area contributed by atoms with E-state index < -0.39 is 24.3 Å². The molecular formula is C9H5F7O2. The van der Waals surface area contributed by atoms with Crippen LogP contribution in [0.2, 0.25) is 0 Å². The first-order valence-corrected chi connectivity index (χ1v) is 4.30. The van der Waals surface area contributed by atoms with E-state index >= 15 is 0 Å². The Kier molecular flexibility index (Phi) is 3.75. The fourth-order valence-electron chi connectivity index (χ4n) is 0.901. The molecule has 0 radical (unpaired) electrons. The zero-order valence-corrected chi connectivity index (χ0v) is 8.35. The number of hydrogen-bond donors (Lipinski definition) is 0. The average molecular weight is 278 g/mol. The highest BCUT2D eigenvalue weighted by atomic mass is 19.4. The Hall–Kier alpha value is -1.51. The molecule has 0 unspecified atom stereocenters. The van der Waals surface area contributed by atoms with E-state index in [9.17, 15) is 30.7 Å². The molecule has 9 heteroatoms. The minimum atomic E-state index is -5.92. The molecular weight excluding hydrogens is 273 g/mol. The fraction of sp³-hybridized carbons (Fsp3) is 0.333. The summed E-state index contributed by atoms with van der Waals surface area (Å²) in [6.07, 6.45) is -17.2. The van der Waals surface area contributed by atoms with Gasteiger partial charge in [0.1, 0.15) is 5.75 Å². The molecule has 0 aliphatic rings. The fourth-order valence-corrected chi connectivity index (χ4v) is 0.901. The van der Waals surface area contributed by atoms with Gasteiger partial charge in [0, 0.05) is 0 Å². The van der Waals surface area contributed by atoms with E-state index in [0.29, 0.717) is 0 Å². The van der Waals surface area contributed by atoms with Crippen molar-refractivity contribution in [3.05, 3.63) is 30.3 Å². The van der Waals surface area contributed by atoms with Crippen LogP contribution in [0.15, 0.2) is 30.3 Å². The third-order valence-corrected chi connectivity index (χ3v) is 1.57. The average Bonchev–Trinajstić information content (AvgIpc) is 2.14. The van der Waals surface area contributed by atoms with Gasteiger partial charge in [-0.15, -0.1) is 13.2 Å². The van der Waals surface area contributed by atoms with Crippen molar-refractivity contribution < 1.29 is 40.2 Å². The van der Waals surface area contributed by atoms with Gasteiger partial charge in [-0.3, -0.25) is 0 Å². The standard InChI is InChI=1S/C9H5F7O2/c10-7(11,8(12,13)18-9(14,15)16)17-6-4-2-1-3-5-6/h1-5H. The van der Waals surface area contributed by atoms with Crippen molar-refractivity contribution in [2.45, 2.75) is 18.6 Å². The number of halogens is 7. The molecule has 0 aliphatic heterocycles. The summed E-state index contributed by atoms with van der Waals surface area (Å²) >= 11 is 0. The van der Waals surface area contributed by atoms with Gasteiger partial charge in [0.05, 0.1) is 0 Å². The second-order valence-electron chi connectivity index (χ2n) is 3.00. The second kappa shape index (κ2) is 4.63. The van der Waals surface area contributed by atoms with E-state index in [1.807, 2.05) is 0 Å².